The van der Waals surface area contributed by atoms with Crippen LogP contribution in [0.15, 0.2) is 35.9 Å². The molecule has 0 atom stereocenters. The van der Waals surface area contributed by atoms with Crippen LogP contribution in [0.3, 0.4) is 0 Å². The predicted molar refractivity (Wildman–Crippen MR) is 67.5 cm³/mol. The Morgan fingerprint density at radius 2 is 2.06 bits per heavy atom. The average Bonchev–Trinajstić information content (AvgIpc) is 2.35. The average molecular weight is 250 g/mol. The molecule has 0 radical (unpaired) electrons. The monoisotopic (exact) mass is 250 g/mol. The van der Waals surface area contributed by atoms with Crippen molar-refractivity contribution in [3.8, 4) is 6.07 Å². The lowest BCUT2D eigenvalue weighted by Crippen LogP contribution is -2.27. The van der Waals surface area contributed by atoms with Crippen LogP contribution < -0.4 is 4.72 Å². The van der Waals surface area contributed by atoms with Crippen molar-refractivity contribution in [3.05, 3.63) is 41.5 Å². The summed E-state index contributed by atoms with van der Waals surface area (Å²) in [5, 5.41) is 8.90. The molecular formula is C12H14N2O2S. The third-order valence-corrected chi connectivity index (χ3v) is 3.49. The third kappa shape index (κ3) is 4.81. The molecule has 1 rings (SSSR count). The molecule has 0 saturated heterocycles. The molecule has 0 aliphatic carbocycles. The normalized spacial score (nSPS) is 12.1. The van der Waals surface area contributed by atoms with Gasteiger partial charge in [0.1, 0.15) is 0 Å². The Morgan fingerprint density at radius 1 is 1.41 bits per heavy atom. The third-order valence-electron chi connectivity index (χ3n) is 2.15. The zero-order valence-electron chi connectivity index (χ0n) is 9.55. The summed E-state index contributed by atoms with van der Waals surface area (Å²) < 4.78 is 24.8. The first-order valence-electron chi connectivity index (χ1n) is 5.20. The van der Waals surface area contributed by atoms with E-state index in [9.17, 15) is 8.42 Å². The van der Waals surface area contributed by atoms with Crippen LogP contribution in [0.5, 0.6) is 0 Å². The standard InChI is InChI=1S/C12H14N2O2S/c1-2-17(15,16)14-10-12(9-13)8-11-6-4-3-5-7-11/h3-8,14H,2,10H2,1H3/b12-8+. The molecule has 1 aromatic carbocycles. The molecule has 90 valence electrons. The van der Waals surface area contributed by atoms with Gasteiger partial charge in [-0.25, -0.2) is 13.1 Å². The second-order valence-electron chi connectivity index (χ2n) is 3.42. The molecule has 17 heavy (non-hydrogen) atoms. The Balaban J connectivity index is 2.75. The van der Waals surface area contributed by atoms with Gasteiger partial charge in [0.25, 0.3) is 0 Å². The lowest BCUT2D eigenvalue weighted by Gasteiger charge is -2.03. The predicted octanol–water partition coefficient (Wildman–Crippen LogP) is 1.53. The van der Waals surface area contributed by atoms with Crippen molar-refractivity contribution in [1.82, 2.24) is 4.72 Å². The fraction of sp³-hybridized carbons (Fsp3) is 0.250. The SMILES string of the molecule is CCS(=O)(=O)NC/C(C#N)=C/c1ccccc1. The van der Waals surface area contributed by atoms with Crippen LogP contribution in [-0.2, 0) is 10.0 Å². The van der Waals surface area contributed by atoms with Crippen molar-refractivity contribution in [2.75, 3.05) is 12.3 Å². The van der Waals surface area contributed by atoms with Gasteiger partial charge < -0.3 is 0 Å². The second kappa shape index (κ2) is 6.18. The van der Waals surface area contributed by atoms with Gasteiger partial charge >= 0.3 is 0 Å². The Labute approximate surface area is 102 Å². The molecule has 0 spiro atoms. The van der Waals surface area contributed by atoms with Gasteiger partial charge in [0, 0.05) is 12.1 Å². The highest BCUT2D eigenvalue weighted by Crippen LogP contribution is 2.05. The summed E-state index contributed by atoms with van der Waals surface area (Å²) in [6.45, 7) is 1.58. The maximum atomic E-state index is 11.2. The zero-order valence-corrected chi connectivity index (χ0v) is 10.4. The van der Waals surface area contributed by atoms with Gasteiger partial charge in [-0.2, -0.15) is 5.26 Å². The number of benzene rings is 1. The zero-order chi connectivity index (χ0) is 12.7. The van der Waals surface area contributed by atoms with E-state index < -0.39 is 10.0 Å². The quantitative estimate of drug-likeness (QED) is 0.806. The minimum Gasteiger partial charge on any atom is -0.212 e. The molecule has 0 aromatic heterocycles. The van der Waals surface area contributed by atoms with Crippen molar-refractivity contribution < 1.29 is 8.42 Å². The number of nitrogens with zero attached hydrogens (tertiary/aromatic N) is 1. The lowest BCUT2D eigenvalue weighted by atomic mass is 10.1. The maximum absolute atomic E-state index is 11.2. The van der Waals surface area contributed by atoms with Gasteiger partial charge in [0.15, 0.2) is 0 Å². The van der Waals surface area contributed by atoms with E-state index in [-0.39, 0.29) is 12.3 Å². The van der Waals surface area contributed by atoms with E-state index in [4.69, 9.17) is 5.26 Å². The number of nitriles is 1. The summed E-state index contributed by atoms with van der Waals surface area (Å²) in [6, 6.07) is 11.3. The maximum Gasteiger partial charge on any atom is 0.211 e. The Kier molecular flexibility index (Phi) is 4.88. The summed E-state index contributed by atoms with van der Waals surface area (Å²) in [7, 11) is -3.26. The summed E-state index contributed by atoms with van der Waals surface area (Å²) in [4.78, 5) is 0. The first-order chi connectivity index (χ1) is 8.07. The van der Waals surface area contributed by atoms with Gasteiger partial charge in [-0.1, -0.05) is 30.3 Å². The lowest BCUT2D eigenvalue weighted by molar-refractivity contribution is 0.586. The molecule has 1 N–H and O–H groups in total. The number of hydrogen-bond donors (Lipinski definition) is 1. The largest absolute Gasteiger partial charge is 0.212 e. The van der Waals surface area contributed by atoms with Crippen molar-refractivity contribution in [2.24, 2.45) is 0 Å². The van der Waals surface area contributed by atoms with Crippen LogP contribution in [0.2, 0.25) is 0 Å². The molecule has 0 bridgehead atoms. The van der Waals surface area contributed by atoms with Crippen LogP contribution in [-0.4, -0.2) is 20.7 Å². The fourth-order valence-electron chi connectivity index (χ4n) is 1.16. The Hall–Kier alpha value is -1.64. The van der Waals surface area contributed by atoms with E-state index in [0.717, 1.165) is 5.56 Å². The van der Waals surface area contributed by atoms with Crippen LogP contribution in [0.25, 0.3) is 6.08 Å². The first kappa shape index (κ1) is 13.4. The minimum atomic E-state index is -3.26. The highest BCUT2D eigenvalue weighted by atomic mass is 32.2. The Morgan fingerprint density at radius 3 is 2.59 bits per heavy atom. The molecule has 0 saturated carbocycles. The van der Waals surface area contributed by atoms with Crippen LogP contribution in [0.1, 0.15) is 12.5 Å². The molecule has 0 aliphatic rings. The van der Waals surface area contributed by atoms with E-state index in [1.807, 2.05) is 36.4 Å². The molecule has 0 heterocycles. The van der Waals surface area contributed by atoms with E-state index >= 15 is 0 Å². The van der Waals surface area contributed by atoms with Crippen molar-refractivity contribution in [1.29, 1.82) is 5.26 Å². The summed E-state index contributed by atoms with van der Waals surface area (Å²) in [5.41, 5.74) is 1.26. The van der Waals surface area contributed by atoms with E-state index in [0.29, 0.717) is 5.57 Å². The van der Waals surface area contributed by atoms with E-state index in [2.05, 4.69) is 4.72 Å². The molecule has 0 unspecified atom stereocenters. The summed E-state index contributed by atoms with van der Waals surface area (Å²) >= 11 is 0. The molecule has 0 aliphatic heterocycles. The highest BCUT2D eigenvalue weighted by Gasteiger charge is 2.06. The van der Waals surface area contributed by atoms with Crippen molar-refractivity contribution >= 4 is 16.1 Å². The van der Waals surface area contributed by atoms with Gasteiger partial charge in [-0.05, 0) is 18.6 Å². The molecule has 5 heteroatoms. The van der Waals surface area contributed by atoms with E-state index in [1.54, 1.807) is 13.0 Å². The van der Waals surface area contributed by atoms with Gasteiger partial charge in [-0.3, -0.25) is 0 Å². The molecule has 4 nitrogen and oxygen atoms in total. The number of hydrogen-bond acceptors (Lipinski definition) is 3. The number of rotatable bonds is 5. The van der Waals surface area contributed by atoms with Crippen LogP contribution >= 0.6 is 0 Å². The van der Waals surface area contributed by atoms with Crippen LogP contribution in [0.4, 0.5) is 0 Å². The smallest absolute Gasteiger partial charge is 0.211 e. The topological polar surface area (TPSA) is 70.0 Å². The van der Waals surface area contributed by atoms with Crippen LogP contribution in [0, 0.1) is 11.3 Å². The van der Waals surface area contributed by atoms with E-state index in [1.165, 1.54) is 0 Å². The van der Waals surface area contributed by atoms with Gasteiger partial charge in [-0.15, -0.1) is 0 Å². The summed E-state index contributed by atoms with van der Waals surface area (Å²) in [6.07, 6.45) is 1.66. The summed E-state index contributed by atoms with van der Waals surface area (Å²) in [5.74, 6) is 0.0110. The molecule has 0 fully saturated rings. The first-order valence-corrected chi connectivity index (χ1v) is 6.85. The second-order valence-corrected chi connectivity index (χ2v) is 5.51. The fourth-order valence-corrected chi connectivity index (χ4v) is 1.74. The molecule has 1 aromatic rings. The van der Waals surface area contributed by atoms with Crippen molar-refractivity contribution in [2.45, 2.75) is 6.92 Å². The molecular weight excluding hydrogens is 236 g/mol. The molecule has 0 amide bonds. The van der Waals surface area contributed by atoms with Gasteiger partial charge in [0.2, 0.25) is 10.0 Å². The number of sulfonamides is 1. The van der Waals surface area contributed by atoms with Crippen molar-refractivity contribution in [3.63, 3.8) is 0 Å². The number of nitrogens with one attached hydrogen (secondary N) is 1. The highest BCUT2D eigenvalue weighted by molar-refractivity contribution is 7.89. The Bertz CT molecular complexity index is 527. The van der Waals surface area contributed by atoms with Gasteiger partial charge in [0.05, 0.1) is 11.8 Å². The minimum absolute atomic E-state index is 0.0110.